The lowest BCUT2D eigenvalue weighted by Crippen LogP contribution is -2.58. The number of ether oxygens (including phenoxy) is 2. The van der Waals surface area contributed by atoms with Crippen LogP contribution in [0, 0.1) is 0 Å². The Bertz CT molecular complexity index is 638. The molecule has 8 nitrogen and oxygen atoms in total. The molecular weight excluding hydrogens is 314 g/mol. The molecular formula is C16H19N3O5. The van der Waals surface area contributed by atoms with Crippen LogP contribution in [0.4, 0.5) is 0 Å². The van der Waals surface area contributed by atoms with E-state index in [1.54, 1.807) is 4.90 Å². The summed E-state index contributed by atoms with van der Waals surface area (Å²) in [5.41, 5.74) is 0.224. The summed E-state index contributed by atoms with van der Waals surface area (Å²) >= 11 is 0. The molecule has 0 atom stereocenters. The van der Waals surface area contributed by atoms with Crippen LogP contribution in [0.1, 0.15) is 33.7 Å². The zero-order valence-corrected chi connectivity index (χ0v) is 13.4. The molecule has 0 aromatic carbocycles. The van der Waals surface area contributed by atoms with Gasteiger partial charge in [-0.1, -0.05) is 0 Å². The first-order valence-electron chi connectivity index (χ1n) is 7.77. The SMILES string of the molecule is COC(=O)c1ccc(C(=O)N2CCC3(CC2)CNC(=O)CO3)nc1. The van der Waals surface area contributed by atoms with Gasteiger partial charge in [-0.3, -0.25) is 14.6 Å². The quantitative estimate of drug-likeness (QED) is 0.765. The van der Waals surface area contributed by atoms with Crippen LogP contribution in [0.5, 0.6) is 0 Å². The first kappa shape index (κ1) is 16.4. The van der Waals surface area contributed by atoms with E-state index >= 15 is 0 Å². The van der Waals surface area contributed by atoms with Crippen molar-refractivity contribution < 1.29 is 23.9 Å². The Kier molecular flexibility index (Phi) is 4.48. The van der Waals surface area contributed by atoms with Gasteiger partial charge in [-0.25, -0.2) is 4.79 Å². The zero-order chi connectivity index (χ0) is 17.2. The van der Waals surface area contributed by atoms with E-state index in [9.17, 15) is 14.4 Å². The van der Waals surface area contributed by atoms with E-state index < -0.39 is 5.97 Å². The molecule has 0 bridgehead atoms. The number of hydrogen-bond acceptors (Lipinski definition) is 6. The molecule has 2 fully saturated rings. The smallest absolute Gasteiger partial charge is 0.339 e. The van der Waals surface area contributed by atoms with Gasteiger partial charge < -0.3 is 19.7 Å². The monoisotopic (exact) mass is 333 g/mol. The highest BCUT2D eigenvalue weighted by Crippen LogP contribution is 2.28. The minimum absolute atomic E-state index is 0.0739. The molecule has 0 aliphatic carbocycles. The Morgan fingerprint density at radius 3 is 2.62 bits per heavy atom. The molecule has 2 aliphatic heterocycles. The van der Waals surface area contributed by atoms with E-state index in [2.05, 4.69) is 15.0 Å². The molecule has 3 rings (SSSR count). The summed E-state index contributed by atoms with van der Waals surface area (Å²) in [6, 6.07) is 3.05. The highest BCUT2D eigenvalue weighted by molar-refractivity contribution is 5.94. The van der Waals surface area contributed by atoms with Gasteiger partial charge in [0.25, 0.3) is 5.91 Å². The number of rotatable bonds is 2. The molecule has 24 heavy (non-hydrogen) atoms. The highest BCUT2D eigenvalue weighted by atomic mass is 16.5. The molecule has 128 valence electrons. The van der Waals surface area contributed by atoms with Crippen molar-refractivity contribution in [1.29, 1.82) is 0 Å². The second-order valence-electron chi connectivity index (χ2n) is 5.96. The van der Waals surface area contributed by atoms with E-state index in [4.69, 9.17) is 4.74 Å². The summed E-state index contributed by atoms with van der Waals surface area (Å²) in [4.78, 5) is 40.9. The maximum atomic E-state index is 12.5. The summed E-state index contributed by atoms with van der Waals surface area (Å²) < 4.78 is 10.3. The van der Waals surface area contributed by atoms with Gasteiger partial charge in [0.05, 0.1) is 18.3 Å². The van der Waals surface area contributed by atoms with E-state index in [0.29, 0.717) is 38.0 Å². The van der Waals surface area contributed by atoms with Crippen molar-refractivity contribution in [2.75, 3.05) is 33.4 Å². The van der Waals surface area contributed by atoms with Crippen LogP contribution >= 0.6 is 0 Å². The highest BCUT2D eigenvalue weighted by Gasteiger charge is 2.40. The van der Waals surface area contributed by atoms with E-state index in [0.717, 1.165) is 0 Å². The fourth-order valence-corrected chi connectivity index (χ4v) is 2.94. The Hall–Kier alpha value is -2.48. The van der Waals surface area contributed by atoms with Crippen molar-refractivity contribution in [1.82, 2.24) is 15.2 Å². The predicted octanol–water partition coefficient (Wildman–Crippen LogP) is -0.0106. The molecule has 0 unspecified atom stereocenters. The van der Waals surface area contributed by atoms with Crippen LogP contribution in [0.15, 0.2) is 18.3 Å². The first-order valence-corrected chi connectivity index (χ1v) is 7.77. The molecule has 2 amide bonds. The van der Waals surface area contributed by atoms with Crippen molar-refractivity contribution >= 4 is 17.8 Å². The van der Waals surface area contributed by atoms with Gasteiger partial charge >= 0.3 is 5.97 Å². The fraction of sp³-hybridized carbons (Fsp3) is 0.500. The maximum Gasteiger partial charge on any atom is 0.339 e. The Morgan fingerprint density at radius 1 is 1.33 bits per heavy atom. The fourth-order valence-electron chi connectivity index (χ4n) is 2.94. The average molecular weight is 333 g/mol. The van der Waals surface area contributed by atoms with Crippen molar-refractivity contribution in [3.63, 3.8) is 0 Å². The maximum absolute atomic E-state index is 12.5. The Morgan fingerprint density at radius 2 is 2.08 bits per heavy atom. The van der Waals surface area contributed by atoms with Gasteiger partial charge in [0.2, 0.25) is 5.91 Å². The van der Waals surface area contributed by atoms with Gasteiger partial charge in [-0.2, -0.15) is 0 Å². The molecule has 1 aromatic heterocycles. The van der Waals surface area contributed by atoms with Crippen LogP contribution in [0.2, 0.25) is 0 Å². The summed E-state index contributed by atoms with van der Waals surface area (Å²) in [7, 11) is 1.29. The standard InChI is InChI=1S/C16H19N3O5/c1-23-15(22)11-2-3-12(17-8-11)14(21)19-6-4-16(5-7-19)10-18-13(20)9-24-16/h2-3,8H,4-7,9-10H2,1H3,(H,18,20). The minimum atomic E-state index is -0.488. The third-order valence-electron chi connectivity index (χ3n) is 4.48. The number of methoxy groups -OCH3 is 1. The number of morpholine rings is 1. The number of nitrogens with one attached hydrogen (secondary N) is 1. The predicted molar refractivity (Wildman–Crippen MR) is 82.4 cm³/mol. The molecule has 2 aliphatic rings. The number of hydrogen-bond donors (Lipinski definition) is 1. The van der Waals surface area contributed by atoms with Crippen molar-refractivity contribution in [3.8, 4) is 0 Å². The summed E-state index contributed by atoms with van der Waals surface area (Å²) in [5, 5.41) is 2.82. The van der Waals surface area contributed by atoms with Crippen molar-refractivity contribution in [2.24, 2.45) is 0 Å². The second kappa shape index (κ2) is 6.56. The molecule has 1 spiro atoms. The van der Waals surface area contributed by atoms with Gasteiger partial charge in [0, 0.05) is 25.8 Å². The lowest BCUT2D eigenvalue weighted by molar-refractivity contribution is -0.149. The molecule has 2 saturated heterocycles. The van der Waals surface area contributed by atoms with Crippen LogP contribution in [-0.2, 0) is 14.3 Å². The van der Waals surface area contributed by atoms with Gasteiger partial charge in [-0.05, 0) is 25.0 Å². The summed E-state index contributed by atoms with van der Waals surface area (Å²) in [6.07, 6.45) is 2.67. The van der Waals surface area contributed by atoms with Crippen molar-refractivity contribution in [3.05, 3.63) is 29.6 Å². The second-order valence-corrected chi connectivity index (χ2v) is 5.96. The number of piperidine rings is 1. The Balaban J connectivity index is 1.61. The van der Waals surface area contributed by atoms with E-state index in [1.165, 1.54) is 25.4 Å². The number of pyridine rings is 1. The number of likely N-dealkylation sites (tertiary alicyclic amines) is 1. The van der Waals surface area contributed by atoms with Gasteiger partial charge in [0.15, 0.2) is 0 Å². The number of carbonyl (C=O) groups is 3. The number of carbonyl (C=O) groups excluding carboxylic acids is 3. The largest absolute Gasteiger partial charge is 0.465 e. The topological polar surface area (TPSA) is 97.8 Å². The molecule has 3 heterocycles. The lowest BCUT2D eigenvalue weighted by Gasteiger charge is -2.43. The molecule has 1 aromatic rings. The summed E-state index contributed by atoms with van der Waals surface area (Å²) in [5.74, 6) is -0.770. The average Bonchev–Trinajstić information content (AvgIpc) is 2.64. The number of aromatic nitrogens is 1. The van der Waals surface area contributed by atoms with Crippen LogP contribution < -0.4 is 5.32 Å². The number of nitrogens with zero attached hydrogens (tertiary/aromatic N) is 2. The van der Waals surface area contributed by atoms with Crippen molar-refractivity contribution in [2.45, 2.75) is 18.4 Å². The minimum Gasteiger partial charge on any atom is -0.465 e. The van der Waals surface area contributed by atoms with E-state index in [-0.39, 0.29) is 29.7 Å². The van der Waals surface area contributed by atoms with E-state index in [1.807, 2.05) is 0 Å². The Labute approximate surface area is 139 Å². The van der Waals surface area contributed by atoms with Gasteiger partial charge in [-0.15, -0.1) is 0 Å². The van der Waals surface area contributed by atoms with Crippen LogP contribution in [0.3, 0.4) is 0 Å². The molecule has 8 heteroatoms. The van der Waals surface area contributed by atoms with Crippen LogP contribution in [0.25, 0.3) is 0 Å². The third-order valence-corrected chi connectivity index (χ3v) is 4.48. The molecule has 1 N–H and O–H groups in total. The number of amides is 2. The number of esters is 1. The molecule has 0 saturated carbocycles. The normalized spacial score (nSPS) is 19.7. The zero-order valence-electron chi connectivity index (χ0n) is 13.4. The first-order chi connectivity index (χ1) is 11.5. The molecule has 0 radical (unpaired) electrons. The van der Waals surface area contributed by atoms with Crippen LogP contribution in [-0.4, -0.2) is 66.6 Å². The third kappa shape index (κ3) is 3.23. The van der Waals surface area contributed by atoms with Gasteiger partial charge in [0.1, 0.15) is 12.3 Å². The summed E-state index contributed by atoms with van der Waals surface area (Å²) in [6.45, 7) is 1.63. The lowest BCUT2D eigenvalue weighted by atomic mass is 9.90.